The average Bonchev–Trinajstić information content (AvgIpc) is 2.28. The summed E-state index contributed by atoms with van der Waals surface area (Å²) in [5, 5.41) is 0. The Morgan fingerprint density at radius 3 is 2.00 bits per heavy atom. The number of carbonyl (C=O) groups is 1. The van der Waals surface area contributed by atoms with Gasteiger partial charge in [0.2, 0.25) is 10.9 Å². The summed E-state index contributed by atoms with van der Waals surface area (Å²) in [6.07, 6.45) is 0.718. The fourth-order valence-corrected chi connectivity index (χ4v) is 1.88. The zero-order chi connectivity index (χ0) is 12.5. The van der Waals surface area contributed by atoms with Crippen molar-refractivity contribution in [1.82, 2.24) is 0 Å². The van der Waals surface area contributed by atoms with E-state index < -0.39 is 16.3 Å². The Labute approximate surface area is 94.6 Å². The standard InChI is InChI=1S/C12H17NO3/c1-5-13(6-2)9-8(10(15)11(9)16)12(3,4)7-14/h7H,5-6H2,1-4H3. The van der Waals surface area contributed by atoms with E-state index in [1.807, 2.05) is 18.7 Å². The first-order chi connectivity index (χ1) is 7.40. The lowest BCUT2D eigenvalue weighted by molar-refractivity contribution is -0.111. The normalized spacial score (nSPS) is 11.8. The number of aldehydes is 1. The topological polar surface area (TPSA) is 54.5 Å². The smallest absolute Gasteiger partial charge is 0.249 e. The molecule has 0 N–H and O–H groups in total. The van der Waals surface area contributed by atoms with Gasteiger partial charge in [-0.15, -0.1) is 0 Å². The van der Waals surface area contributed by atoms with E-state index in [0.717, 1.165) is 6.29 Å². The summed E-state index contributed by atoms with van der Waals surface area (Å²) in [5.74, 6) is 0. The third-order valence-corrected chi connectivity index (χ3v) is 2.90. The minimum Gasteiger partial charge on any atom is -0.368 e. The Balaban J connectivity index is 3.33. The lowest BCUT2D eigenvalue weighted by Crippen LogP contribution is -2.48. The van der Waals surface area contributed by atoms with Crippen LogP contribution in [0.2, 0.25) is 0 Å². The van der Waals surface area contributed by atoms with Crippen molar-refractivity contribution in [2.45, 2.75) is 33.1 Å². The van der Waals surface area contributed by atoms with Crippen molar-refractivity contribution < 1.29 is 4.79 Å². The second-order valence-corrected chi connectivity index (χ2v) is 4.39. The predicted molar refractivity (Wildman–Crippen MR) is 64.0 cm³/mol. The minimum absolute atomic E-state index is 0.358. The highest BCUT2D eigenvalue weighted by molar-refractivity contribution is 5.75. The zero-order valence-electron chi connectivity index (χ0n) is 10.2. The lowest BCUT2D eigenvalue weighted by atomic mass is 9.81. The highest BCUT2D eigenvalue weighted by Gasteiger charge is 2.35. The maximum Gasteiger partial charge on any atom is 0.249 e. The number of anilines is 1. The van der Waals surface area contributed by atoms with Crippen molar-refractivity contribution >= 4 is 12.0 Å². The van der Waals surface area contributed by atoms with Gasteiger partial charge in [-0.2, -0.15) is 0 Å². The lowest BCUT2D eigenvalue weighted by Gasteiger charge is -2.29. The van der Waals surface area contributed by atoms with Crippen molar-refractivity contribution in [2.75, 3.05) is 18.0 Å². The second-order valence-electron chi connectivity index (χ2n) is 4.39. The molecule has 1 aromatic carbocycles. The van der Waals surface area contributed by atoms with E-state index in [1.54, 1.807) is 13.8 Å². The van der Waals surface area contributed by atoms with Crippen molar-refractivity contribution in [3.63, 3.8) is 0 Å². The summed E-state index contributed by atoms with van der Waals surface area (Å²) < 4.78 is 0. The Morgan fingerprint density at radius 2 is 1.62 bits per heavy atom. The van der Waals surface area contributed by atoms with Crippen LogP contribution < -0.4 is 15.8 Å². The van der Waals surface area contributed by atoms with Crippen LogP contribution in [0, 0.1) is 0 Å². The molecule has 0 heterocycles. The fourth-order valence-electron chi connectivity index (χ4n) is 1.88. The van der Waals surface area contributed by atoms with Gasteiger partial charge < -0.3 is 9.69 Å². The predicted octanol–water partition coefficient (Wildman–Crippen LogP) is 0.605. The van der Waals surface area contributed by atoms with Crippen LogP contribution in [-0.2, 0) is 10.2 Å². The van der Waals surface area contributed by atoms with Crippen LogP contribution in [0.3, 0.4) is 0 Å². The molecule has 0 aliphatic carbocycles. The zero-order valence-corrected chi connectivity index (χ0v) is 10.2. The van der Waals surface area contributed by atoms with E-state index in [0.29, 0.717) is 24.3 Å². The summed E-state index contributed by atoms with van der Waals surface area (Å²) in [5.41, 5.74) is -1.07. The Bertz CT molecular complexity index is 463. The van der Waals surface area contributed by atoms with E-state index in [9.17, 15) is 14.4 Å². The molecule has 0 amide bonds. The van der Waals surface area contributed by atoms with Crippen molar-refractivity contribution in [2.24, 2.45) is 0 Å². The van der Waals surface area contributed by atoms with E-state index in [-0.39, 0.29) is 0 Å². The van der Waals surface area contributed by atoms with Crippen LogP contribution in [0.4, 0.5) is 5.69 Å². The van der Waals surface area contributed by atoms with Gasteiger partial charge in [0.15, 0.2) is 0 Å². The Hall–Kier alpha value is -1.45. The third kappa shape index (κ3) is 1.68. The van der Waals surface area contributed by atoms with Crippen LogP contribution in [-0.4, -0.2) is 19.4 Å². The Kier molecular flexibility index (Phi) is 3.31. The first-order valence-electron chi connectivity index (χ1n) is 5.45. The highest BCUT2D eigenvalue weighted by atomic mass is 16.2. The van der Waals surface area contributed by atoms with Gasteiger partial charge in [-0.05, 0) is 27.7 Å². The van der Waals surface area contributed by atoms with Gasteiger partial charge in [0.25, 0.3) is 0 Å². The number of hydrogen-bond donors (Lipinski definition) is 0. The molecular weight excluding hydrogens is 206 g/mol. The van der Waals surface area contributed by atoms with Crippen molar-refractivity contribution in [1.29, 1.82) is 0 Å². The summed E-state index contributed by atoms with van der Waals surface area (Å²) >= 11 is 0. The molecule has 0 atom stereocenters. The number of hydrogen-bond acceptors (Lipinski definition) is 4. The highest BCUT2D eigenvalue weighted by Crippen LogP contribution is 2.26. The van der Waals surface area contributed by atoms with Gasteiger partial charge in [-0.1, -0.05) is 0 Å². The Morgan fingerprint density at radius 1 is 1.12 bits per heavy atom. The van der Waals surface area contributed by atoms with Crippen molar-refractivity contribution in [3.8, 4) is 0 Å². The molecule has 0 aliphatic rings. The third-order valence-electron chi connectivity index (χ3n) is 2.90. The molecule has 16 heavy (non-hydrogen) atoms. The summed E-state index contributed by atoms with van der Waals surface area (Å²) in [4.78, 5) is 35.8. The van der Waals surface area contributed by atoms with Gasteiger partial charge in [0.1, 0.15) is 6.29 Å². The summed E-state index contributed by atoms with van der Waals surface area (Å²) in [6.45, 7) is 8.45. The number of carbonyl (C=O) groups excluding carboxylic acids is 1. The monoisotopic (exact) mass is 223 g/mol. The molecule has 0 spiro atoms. The molecule has 0 saturated heterocycles. The average molecular weight is 223 g/mol. The molecule has 4 nitrogen and oxygen atoms in total. The minimum atomic E-state index is -0.872. The first kappa shape index (κ1) is 12.6. The molecule has 0 aromatic heterocycles. The van der Waals surface area contributed by atoms with E-state index in [1.165, 1.54) is 0 Å². The maximum absolute atomic E-state index is 11.5. The molecule has 88 valence electrons. The molecule has 4 heteroatoms. The number of rotatable bonds is 5. The first-order valence-corrected chi connectivity index (χ1v) is 5.45. The van der Waals surface area contributed by atoms with Crippen LogP contribution in [0.5, 0.6) is 0 Å². The SMILES string of the molecule is CCN(CC)c1c(C(C)(C)C=O)c(=O)c1=O. The van der Waals surface area contributed by atoms with Crippen LogP contribution >= 0.6 is 0 Å². The quantitative estimate of drug-likeness (QED) is 0.542. The van der Waals surface area contributed by atoms with Crippen LogP contribution in [0.1, 0.15) is 33.3 Å². The molecule has 0 bridgehead atoms. The van der Waals surface area contributed by atoms with Crippen LogP contribution in [0.25, 0.3) is 0 Å². The summed E-state index contributed by atoms with van der Waals surface area (Å²) in [6, 6.07) is 0. The molecule has 1 rings (SSSR count). The molecule has 0 radical (unpaired) electrons. The molecule has 0 unspecified atom stereocenters. The molecule has 1 aromatic rings. The maximum atomic E-state index is 11.5. The van der Waals surface area contributed by atoms with Gasteiger partial charge in [0.05, 0.1) is 11.1 Å². The van der Waals surface area contributed by atoms with Gasteiger partial charge >= 0.3 is 0 Å². The molecule has 0 fully saturated rings. The van der Waals surface area contributed by atoms with Crippen LogP contribution in [0.15, 0.2) is 9.59 Å². The van der Waals surface area contributed by atoms with E-state index in [2.05, 4.69) is 0 Å². The van der Waals surface area contributed by atoms with Crippen molar-refractivity contribution in [3.05, 3.63) is 26.0 Å². The largest absolute Gasteiger partial charge is 0.368 e. The fraction of sp³-hybridized carbons (Fsp3) is 0.583. The van der Waals surface area contributed by atoms with Gasteiger partial charge in [-0.3, -0.25) is 9.59 Å². The summed E-state index contributed by atoms with van der Waals surface area (Å²) in [7, 11) is 0. The van der Waals surface area contributed by atoms with E-state index in [4.69, 9.17) is 0 Å². The molecular formula is C12H17NO3. The second kappa shape index (κ2) is 4.20. The molecule has 0 saturated carbocycles. The number of nitrogens with zero attached hydrogens (tertiary/aromatic N) is 1. The molecule has 0 aliphatic heterocycles. The van der Waals surface area contributed by atoms with Gasteiger partial charge in [-0.25, -0.2) is 0 Å². The van der Waals surface area contributed by atoms with Gasteiger partial charge in [0, 0.05) is 18.7 Å². The van der Waals surface area contributed by atoms with E-state index >= 15 is 0 Å².